The molecule has 0 rings (SSSR count). The molecule has 0 aromatic rings. The summed E-state index contributed by atoms with van der Waals surface area (Å²) in [5, 5.41) is 11.3. The van der Waals surface area contributed by atoms with Crippen LogP contribution in [0.4, 0.5) is 4.79 Å². The minimum absolute atomic E-state index is 0.0783. The molecule has 0 radical (unpaired) electrons. The molecule has 0 heterocycles. The van der Waals surface area contributed by atoms with Crippen LogP contribution in [0.1, 0.15) is 27.7 Å². The first-order valence-corrected chi connectivity index (χ1v) is 4.98. The first kappa shape index (κ1) is 14.7. The standard InChI is InChI=1S/C10H19NO5/c1-7(13)15-6-8(5-12)11-9(14)16-10(2,3)4/h8,12H,5-6H2,1-4H3,(H,11,14)/t8-/m1/s1. The fraction of sp³-hybridized carbons (Fsp3) is 0.800. The van der Waals surface area contributed by atoms with Crippen molar-refractivity contribution in [1.82, 2.24) is 5.32 Å². The van der Waals surface area contributed by atoms with E-state index in [0.717, 1.165) is 0 Å². The number of hydrogen-bond donors (Lipinski definition) is 2. The molecule has 0 aromatic carbocycles. The summed E-state index contributed by atoms with van der Waals surface area (Å²) in [6.07, 6.45) is -0.654. The fourth-order valence-electron chi connectivity index (χ4n) is 0.832. The van der Waals surface area contributed by atoms with Crippen molar-refractivity contribution in [2.45, 2.75) is 39.3 Å². The summed E-state index contributed by atoms with van der Waals surface area (Å²) < 4.78 is 9.63. The van der Waals surface area contributed by atoms with Crippen molar-refractivity contribution in [2.75, 3.05) is 13.2 Å². The number of aliphatic hydroxyl groups excluding tert-OH is 1. The van der Waals surface area contributed by atoms with Crippen molar-refractivity contribution in [2.24, 2.45) is 0 Å². The van der Waals surface area contributed by atoms with E-state index in [-0.39, 0.29) is 13.2 Å². The maximum Gasteiger partial charge on any atom is 0.408 e. The number of hydrogen-bond acceptors (Lipinski definition) is 5. The molecule has 6 nitrogen and oxygen atoms in total. The van der Waals surface area contributed by atoms with Crippen LogP contribution in [0.25, 0.3) is 0 Å². The summed E-state index contributed by atoms with van der Waals surface area (Å²) >= 11 is 0. The maximum atomic E-state index is 11.3. The molecule has 94 valence electrons. The van der Waals surface area contributed by atoms with Gasteiger partial charge in [0.25, 0.3) is 0 Å². The van der Waals surface area contributed by atoms with E-state index in [1.54, 1.807) is 20.8 Å². The number of carbonyl (C=O) groups excluding carboxylic acids is 2. The Kier molecular flexibility index (Phi) is 5.81. The highest BCUT2D eigenvalue weighted by molar-refractivity contribution is 5.68. The van der Waals surface area contributed by atoms with Gasteiger partial charge in [0.1, 0.15) is 12.2 Å². The molecule has 0 aromatic heterocycles. The Morgan fingerprint density at radius 1 is 1.38 bits per heavy atom. The van der Waals surface area contributed by atoms with Gasteiger partial charge in [-0.05, 0) is 20.8 Å². The molecule has 16 heavy (non-hydrogen) atoms. The minimum Gasteiger partial charge on any atom is -0.464 e. The quantitative estimate of drug-likeness (QED) is 0.688. The highest BCUT2D eigenvalue weighted by atomic mass is 16.6. The summed E-state index contributed by atoms with van der Waals surface area (Å²) in [4.78, 5) is 21.8. The monoisotopic (exact) mass is 233 g/mol. The zero-order valence-electron chi connectivity index (χ0n) is 10.1. The van der Waals surface area contributed by atoms with Crippen molar-refractivity contribution in [1.29, 1.82) is 0 Å². The first-order valence-electron chi connectivity index (χ1n) is 4.98. The van der Waals surface area contributed by atoms with Gasteiger partial charge in [0.2, 0.25) is 0 Å². The van der Waals surface area contributed by atoms with E-state index >= 15 is 0 Å². The number of nitrogens with one attached hydrogen (secondary N) is 1. The lowest BCUT2D eigenvalue weighted by atomic mass is 10.2. The lowest BCUT2D eigenvalue weighted by Crippen LogP contribution is -2.43. The molecule has 1 amide bonds. The van der Waals surface area contributed by atoms with Gasteiger partial charge < -0.3 is 19.9 Å². The highest BCUT2D eigenvalue weighted by Gasteiger charge is 2.19. The van der Waals surface area contributed by atoms with Crippen molar-refractivity contribution in [3.05, 3.63) is 0 Å². The summed E-state index contributed by atoms with van der Waals surface area (Å²) in [5.74, 6) is -0.468. The van der Waals surface area contributed by atoms with Crippen LogP contribution >= 0.6 is 0 Å². The van der Waals surface area contributed by atoms with E-state index in [0.29, 0.717) is 0 Å². The molecule has 6 heteroatoms. The average molecular weight is 233 g/mol. The Morgan fingerprint density at radius 2 is 1.94 bits per heavy atom. The van der Waals surface area contributed by atoms with E-state index in [1.165, 1.54) is 6.92 Å². The SMILES string of the molecule is CC(=O)OC[C@@H](CO)NC(=O)OC(C)(C)C. The highest BCUT2D eigenvalue weighted by Crippen LogP contribution is 2.06. The normalized spacial score (nSPS) is 12.8. The number of carbonyl (C=O) groups is 2. The molecule has 0 aliphatic rings. The number of ether oxygens (including phenoxy) is 2. The zero-order chi connectivity index (χ0) is 12.8. The molecule has 0 fully saturated rings. The van der Waals surface area contributed by atoms with Crippen LogP contribution in [0.2, 0.25) is 0 Å². The molecular formula is C10H19NO5. The lowest BCUT2D eigenvalue weighted by molar-refractivity contribution is -0.142. The summed E-state index contributed by atoms with van der Waals surface area (Å²) in [5.41, 5.74) is -0.606. The van der Waals surface area contributed by atoms with Gasteiger partial charge in [-0.15, -0.1) is 0 Å². The minimum atomic E-state index is -0.654. The van der Waals surface area contributed by atoms with E-state index < -0.39 is 23.7 Å². The van der Waals surface area contributed by atoms with E-state index in [1.807, 2.05) is 0 Å². The lowest BCUT2D eigenvalue weighted by Gasteiger charge is -2.22. The molecule has 0 saturated carbocycles. The van der Waals surface area contributed by atoms with Gasteiger partial charge in [-0.3, -0.25) is 4.79 Å². The van der Waals surface area contributed by atoms with Gasteiger partial charge in [-0.25, -0.2) is 4.79 Å². The average Bonchev–Trinajstić information content (AvgIpc) is 2.08. The van der Waals surface area contributed by atoms with E-state index in [9.17, 15) is 9.59 Å². The molecular weight excluding hydrogens is 214 g/mol. The molecule has 1 atom stereocenters. The smallest absolute Gasteiger partial charge is 0.408 e. The second-order valence-corrected chi connectivity index (χ2v) is 4.33. The van der Waals surface area contributed by atoms with Crippen molar-refractivity contribution >= 4 is 12.1 Å². The summed E-state index contributed by atoms with van der Waals surface area (Å²) in [6, 6.07) is -0.654. The van der Waals surface area contributed by atoms with Crippen LogP contribution in [0.5, 0.6) is 0 Å². The van der Waals surface area contributed by atoms with Crippen LogP contribution in [0.15, 0.2) is 0 Å². The number of esters is 1. The Bertz CT molecular complexity index is 246. The van der Waals surface area contributed by atoms with Crippen LogP contribution in [0.3, 0.4) is 0 Å². The van der Waals surface area contributed by atoms with E-state index in [2.05, 4.69) is 10.1 Å². The molecule has 0 bridgehead atoms. The Morgan fingerprint density at radius 3 is 2.31 bits per heavy atom. The molecule has 0 unspecified atom stereocenters. The first-order chi connectivity index (χ1) is 7.24. The fourth-order valence-corrected chi connectivity index (χ4v) is 0.832. The van der Waals surface area contributed by atoms with Crippen LogP contribution in [0, 0.1) is 0 Å². The van der Waals surface area contributed by atoms with Gasteiger partial charge in [0.15, 0.2) is 0 Å². The van der Waals surface area contributed by atoms with E-state index in [4.69, 9.17) is 9.84 Å². The molecule has 0 aliphatic carbocycles. The van der Waals surface area contributed by atoms with Gasteiger partial charge in [-0.2, -0.15) is 0 Å². The summed E-state index contributed by atoms with van der Waals surface area (Å²) in [6.45, 7) is 6.03. The predicted octanol–water partition coefficient (Wildman–Crippen LogP) is 0.435. The molecule has 0 saturated heterocycles. The number of rotatable bonds is 4. The van der Waals surface area contributed by atoms with Crippen molar-refractivity contribution < 1.29 is 24.2 Å². The zero-order valence-corrected chi connectivity index (χ0v) is 10.1. The van der Waals surface area contributed by atoms with Crippen molar-refractivity contribution in [3.8, 4) is 0 Å². The third-order valence-corrected chi connectivity index (χ3v) is 1.43. The third kappa shape index (κ3) is 8.05. The van der Waals surface area contributed by atoms with Gasteiger partial charge in [0.05, 0.1) is 12.6 Å². The van der Waals surface area contributed by atoms with Crippen molar-refractivity contribution in [3.63, 3.8) is 0 Å². The number of alkyl carbamates (subject to hydrolysis) is 1. The third-order valence-electron chi connectivity index (χ3n) is 1.43. The topological polar surface area (TPSA) is 84.9 Å². The number of amides is 1. The Labute approximate surface area is 94.9 Å². The Balaban J connectivity index is 4.02. The number of aliphatic hydroxyl groups is 1. The molecule has 0 aliphatic heterocycles. The van der Waals surface area contributed by atoms with Crippen LogP contribution in [-0.2, 0) is 14.3 Å². The van der Waals surface area contributed by atoms with Gasteiger partial charge in [-0.1, -0.05) is 0 Å². The Hall–Kier alpha value is -1.30. The van der Waals surface area contributed by atoms with Gasteiger partial charge in [0, 0.05) is 6.92 Å². The van der Waals surface area contributed by atoms with Crippen LogP contribution < -0.4 is 5.32 Å². The second-order valence-electron chi connectivity index (χ2n) is 4.33. The molecule has 2 N–H and O–H groups in total. The predicted molar refractivity (Wildman–Crippen MR) is 56.9 cm³/mol. The maximum absolute atomic E-state index is 11.3. The largest absolute Gasteiger partial charge is 0.464 e. The molecule has 0 spiro atoms. The summed E-state index contributed by atoms with van der Waals surface area (Å²) in [7, 11) is 0. The second kappa shape index (κ2) is 6.32. The van der Waals surface area contributed by atoms with Gasteiger partial charge >= 0.3 is 12.1 Å². The van der Waals surface area contributed by atoms with Crippen LogP contribution in [-0.4, -0.2) is 42.0 Å².